The molecule has 2 bridgehead atoms. The minimum absolute atomic E-state index is 0.184. The largest absolute Gasteiger partial charge is 0.457 e. The van der Waals surface area contributed by atoms with Crippen molar-refractivity contribution < 1.29 is 24.5 Å². The number of esters is 1. The van der Waals surface area contributed by atoms with E-state index in [0.717, 1.165) is 0 Å². The Balaban J connectivity index is 2.16. The van der Waals surface area contributed by atoms with Crippen molar-refractivity contribution in [1.29, 1.82) is 0 Å². The van der Waals surface area contributed by atoms with Gasteiger partial charge in [0.05, 0.1) is 6.10 Å². The van der Waals surface area contributed by atoms with Gasteiger partial charge in [0.1, 0.15) is 6.10 Å². The normalized spacial score (nSPS) is 39.3. The Morgan fingerprint density at radius 3 is 2.53 bits per heavy atom. The van der Waals surface area contributed by atoms with E-state index >= 15 is 0 Å². The predicted octanol–water partition coefficient (Wildman–Crippen LogP) is 0.781. The van der Waals surface area contributed by atoms with E-state index in [1.807, 2.05) is 26.9 Å². The van der Waals surface area contributed by atoms with Crippen LogP contribution in [0.4, 0.5) is 0 Å². The fraction of sp³-hybridized carbons (Fsp3) is 0.923. The standard InChI is InChI=1S/C13H24O5Si/c1-12(2,19(3,4)17)5-8-6-13(16)7-9(10(8)14)18-11(13)15/h8-10,14,16-17H,5-7H2,1-4H3/t8-,9-,10-,13+/m1/s1. The lowest BCUT2D eigenvalue weighted by Crippen LogP contribution is -2.48. The average molecular weight is 288 g/mol. The molecular formula is C13H24O5Si. The second kappa shape index (κ2) is 4.28. The third-order valence-electron chi connectivity index (χ3n) is 5.07. The van der Waals surface area contributed by atoms with E-state index in [9.17, 15) is 19.8 Å². The fourth-order valence-corrected chi connectivity index (χ4v) is 3.78. The summed E-state index contributed by atoms with van der Waals surface area (Å²) in [5.74, 6) is -0.832. The third kappa shape index (κ3) is 2.46. The van der Waals surface area contributed by atoms with Crippen LogP contribution in [0.3, 0.4) is 0 Å². The van der Waals surface area contributed by atoms with Crippen LogP contribution in [0.1, 0.15) is 33.1 Å². The van der Waals surface area contributed by atoms with Gasteiger partial charge in [0, 0.05) is 6.42 Å². The van der Waals surface area contributed by atoms with Crippen molar-refractivity contribution in [1.82, 2.24) is 0 Å². The number of hydrogen-bond acceptors (Lipinski definition) is 5. The number of hydrogen-bond donors (Lipinski definition) is 3. The first-order chi connectivity index (χ1) is 8.46. The van der Waals surface area contributed by atoms with Crippen LogP contribution in [-0.2, 0) is 9.53 Å². The topological polar surface area (TPSA) is 87.0 Å². The van der Waals surface area contributed by atoms with Gasteiger partial charge in [-0.25, -0.2) is 4.79 Å². The van der Waals surface area contributed by atoms with Crippen LogP contribution < -0.4 is 0 Å². The molecule has 19 heavy (non-hydrogen) atoms. The number of rotatable bonds is 3. The van der Waals surface area contributed by atoms with Crippen molar-refractivity contribution in [3.05, 3.63) is 0 Å². The maximum absolute atomic E-state index is 11.6. The zero-order valence-electron chi connectivity index (χ0n) is 12.0. The van der Waals surface area contributed by atoms with Gasteiger partial charge in [0.15, 0.2) is 13.9 Å². The fourth-order valence-electron chi connectivity index (χ4n) is 3.02. The van der Waals surface area contributed by atoms with Gasteiger partial charge >= 0.3 is 5.97 Å². The molecule has 1 saturated carbocycles. The number of aliphatic hydroxyl groups excluding tert-OH is 1. The first kappa shape index (κ1) is 15.0. The number of carbonyl (C=O) groups is 1. The first-order valence-corrected chi connectivity index (χ1v) is 9.75. The van der Waals surface area contributed by atoms with Crippen molar-refractivity contribution in [3.8, 4) is 0 Å². The maximum Gasteiger partial charge on any atom is 0.338 e. The quantitative estimate of drug-likeness (QED) is 0.528. The summed E-state index contributed by atoms with van der Waals surface area (Å²) in [5, 5.41) is 20.2. The summed E-state index contributed by atoms with van der Waals surface area (Å²) in [6.45, 7) is 7.70. The second-order valence-electron chi connectivity index (χ2n) is 7.28. The SMILES string of the molecule is CC(C)(C[C@@H]1C[C@]2(O)C[C@@H](OC2=O)[C@@H]1O)[Si](C)(C)O. The molecule has 6 heteroatoms. The molecule has 1 heterocycles. The van der Waals surface area contributed by atoms with Crippen LogP contribution in [0.25, 0.3) is 0 Å². The summed E-state index contributed by atoms with van der Waals surface area (Å²) in [4.78, 5) is 21.9. The molecule has 0 unspecified atom stereocenters. The highest BCUT2D eigenvalue weighted by Gasteiger charge is 2.58. The van der Waals surface area contributed by atoms with Crippen molar-refractivity contribution in [2.75, 3.05) is 0 Å². The Morgan fingerprint density at radius 1 is 1.42 bits per heavy atom. The molecule has 2 rings (SSSR count). The molecule has 0 aromatic rings. The van der Waals surface area contributed by atoms with Crippen LogP contribution in [0.15, 0.2) is 0 Å². The first-order valence-electron chi connectivity index (χ1n) is 6.80. The zero-order valence-corrected chi connectivity index (χ0v) is 13.0. The van der Waals surface area contributed by atoms with E-state index in [2.05, 4.69) is 0 Å². The second-order valence-corrected chi connectivity index (χ2v) is 11.8. The number of carbonyl (C=O) groups excluding carboxylic acids is 1. The highest BCUT2D eigenvalue weighted by atomic mass is 28.4. The molecular weight excluding hydrogens is 264 g/mol. The summed E-state index contributed by atoms with van der Waals surface area (Å²) in [6.07, 6.45) is -0.362. The van der Waals surface area contributed by atoms with Gasteiger partial charge in [0.25, 0.3) is 0 Å². The molecule has 1 aliphatic heterocycles. The number of fused-ring (bicyclic) bond motifs is 2. The lowest BCUT2D eigenvalue weighted by Gasteiger charge is -2.42. The molecule has 0 amide bonds. The van der Waals surface area contributed by atoms with Crippen LogP contribution in [0.5, 0.6) is 0 Å². The Bertz CT molecular complexity index is 389. The average Bonchev–Trinajstić information content (AvgIpc) is 2.46. The molecule has 0 aromatic carbocycles. The Hall–Kier alpha value is -0.433. The summed E-state index contributed by atoms with van der Waals surface area (Å²) in [5.41, 5.74) is -1.44. The van der Waals surface area contributed by atoms with E-state index in [4.69, 9.17) is 4.74 Å². The van der Waals surface area contributed by atoms with Gasteiger partial charge in [-0.05, 0) is 36.9 Å². The Kier molecular flexibility index (Phi) is 3.37. The third-order valence-corrected chi connectivity index (χ3v) is 8.59. The van der Waals surface area contributed by atoms with Crippen molar-refractivity contribution in [2.24, 2.45) is 5.92 Å². The maximum atomic E-state index is 11.6. The molecule has 0 spiro atoms. The molecule has 5 nitrogen and oxygen atoms in total. The summed E-state index contributed by atoms with van der Waals surface area (Å²) in [6, 6.07) is 0. The summed E-state index contributed by atoms with van der Waals surface area (Å²) < 4.78 is 5.04. The van der Waals surface area contributed by atoms with Crippen LogP contribution in [0.2, 0.25) is 18.1 Å². The van der Waals surface area contributed by atoms with E-state index in [-0.39, 0.29) is 23.8 Å². The van der Waals surface area contributed by atoms with Crippen molar-refractivity contribution in [3.63, 3.8) is 0 Å². The number of ether oxygens (including phenoxy) is 1. The molecule has 110 valence electrons. The molecule has 2 aliphatic rings. The van der Waals surface area contributed by atoms with Gasteiger partial charge < -0.3 is 19.7 Å². The van der Waals surface area contributed by atoms with Gasteiger partial charge in [-0.1, -0.05) is 13.8 Å². The minimum atomic E-state index is -2.38. The van der Waals surface area contributed by atoms with Gasteiger partial charge in [0.2, 0.25) is 0 Å². The molecule has 1 saturated heterocycles. The van der Waals surface area contributed by atoms with E-state index in [0.29, 0.717) is 6.42 Å². The zero-order chi connectivity index (χ0) is 14.6. The monoisotopic (exact) mass is 288 g/mol. The minimum Gasteiger partial charge on any atom is -0.457 e. The molecule has 1 aliphatic carbocycles. The smallest absolute Gasteiger partial charge is 0.338 e. The highest BCUT2D eigenvalue weighted by molar-refractivity contribution is 6.72. The van der Waals surface area contributed by atoms with Crippen LogP contribution >= 0.6 is 0 Å². The van der Waals surface area contributed by atoms with Gasteiger partial charge in [-0.15, -0.1) is 0 Å². The number of aliphatic hydroxyl groups is 2. The summed E-state index contributed by atoms with van der Waals surface area (Å²) >= 11 is 0. The van der Waals surface area contributed by atoms with E-state index in [1.54, 1.807) is 0 Å². The molecule has 0 radical (unpaired) electrons. The highest BCUT2D eigenvalue weighted by Crippen LogP contribution is 2.49. The summed E-state index contributed by atoms with van der Waals surface area (Å²) in [7, 11) is -2.38. The van der Waals surface area contributed by atoms with Gasteiger partial charge in [-0.2, -0.15) is 0 Å². The van der Waals surface area contributed by atoms with Crippen molar-refractivity contribution in [2.45, 2.75) is 69.1 Å². The molecule has 2 fully saturated rings. The lowest BCUT2D eigenvalue weighted by atomic mass is 9.73. The molecule has 0 aromatic heterocycles. The Morgan fingerprint density at radius 2 is 2.00 bits per heavy atom. The van der Waals surface area contributed by atoms with Crippen LogP contribution in [0, 0.1) is 5.92 Å². The van der Waals surface area contributed by atoms with Crippen molar-refractivity contribution >= 4 is 14.3 Å². The van der Waals surface area contributed by atoms with Crippen LogP contribution in [-0.4, -0.2) is 47.1 Å². The lowest BCUT2D eigenvalue weighted by molar-refractivity contribution is -0.154. The predicted molar refractivity (Wildman–Crippen MR) is 71.9 cm³/mol. The molecule has 3 N–H and O–H groups in total. The Labute approximate surface area is 114 Å². The van der Waals surface area contributed by atoms with E-state index < -0.39 is 32.1 Å². The van der Waals surface area contributed by atoms with E-state index in [1.165, 1.54) is 0 Å². The molecule has 4 atom stereocenters. The van der Waals surface area contributed by atoms with Gasteiger partial charge in [-0.3, -0.25) is 0 Å².